The molecule has 0 bridgehead atoms. The van der Waals surface area contributed by atoms with Crippen LogP contribution in [-0.4, -0.2) is 25.7 Å². The van der Waals surface area contributed by atoms with Crippen molar-refractivity contribution in [1.82, 2.24) is 25.1 Å². The SMILES string of the molecule is O=C(NC1c2ccccc2-c2c(-c3cnn(Cc4ccccc4)c3)cccc21)c1ccnc2[nH]ccc12. The Morgan fingerprint density at radius 3 is 2.62 bits per heavy atom. The molecule has 178 valence electrons. The van der Waals surface area contributed by atoms with Crippen molar-refractivity contribution in [1.29, 1.82) is 0 Å². The zero-order valence-electron chi connectivity index (χ0n) is 19.9. The number of carbonyl (C=O) groups excluding carboxylic acids is 1. The van der Waals surface area contributed by atoms with Crippen LogP contribution < -0.4 is 5.32 Å². The van der Waals surface area contributed by atoms with Crippen LogP contribution >= 0.6 is 0 Å². The van der Waals surface area contributed by atoms with Gasteiger partial charge >= 0.3 is 0 Å². The molecule has 3 aromatic heterocycles. The number of nitrogens with zero attached hydrogens (tertiary/aromatic N) is 3. The molecular formula is C31H23N5O. The summed E-state index contributed by atoms with van der Waals surface area (Å²) in [5, 5.41) is 8.75. The standard InChI is InChI=1S/C31H23N5O/c37-31(26-14-16-33-30-25(26)13-15-32-30)35-29-24-10-5-4-9-23(24)28-22(11-6-12-27(28)29)21-17-34-36(19-21)18-20-7-2-1-3-8-20/h1-17,19,29H,18H2,(H,32,33)(H,35,37). The van der Waals surface area contributed by atoms with Gasteiger partial charge in [-0.15, -0.1) is 0 Å². The first-order chi connectivity index (χ1) is 18.3. The first-order valence-electron chi connectivity index (χ1n) is 12.3. The average molecular weight is 482 g/mol. The smallest absolute Gasteiger partial charge is 0.252 e. The fraction of sp³-hybridized carbons (Fsp3) is 0.0645. The molecule has 6 aromatic rings. The van der Waals surface area contributed by atoms with Crippen LogP contribution in [0.25, 0.3) is 33.3 Å². The molecule has 1 aliphatic carbocycles. The molecule has 1 unspecified atom stereocenters. The van der Waals surface area contributed by atoms with E-state index in [0.29, 0.717) is 17.8 Å². The molecule has 1 atom stereocenters. The van der Waals surface area contributed by atoms with Crippen molar-refractivity contribution in [2.45, 2.75) is 12.6 Å². The molecule has 0 radical (unpaired) electrons. The number of amides is 1. The van der Waals surface area contributed by atoms with Gasteiger partial charge in [0.2, 0.25) is 0 Å². The summed E-state index contributed by atoms with van der Waals surface area (Å²) in [6.07, 6.45) is 7.48. The molecule has 6 heteroatoms. The minimum absolute atomic E-state index is 0.124. The van der Waals surface area contributed by atoms with Crippen LogP contribution in [0.4, 0.5) is 0 Å². The number of aromatic amines is 1. The lowest BCUT2D eigenvalue weighted by Crippen LogP contribution is -2.28. The van der Waals surface area contributed by atoms with Crippen LogP contribution in [0, 0.1) is 0 Å². The van der Waals surface area contributed by atoms with Crippen molar-refractivity contribution in [3.8, 4) is 22.3 Å². The number of nitrogens with one attached hydrogen (secondary N) is 2. The fourth-order valence-corrected chi connectivity index (χ4v) is 5.38. The van der Waals surface area contributed by atoms with E-state index in [0.717, 1.165) is 38.8 Å². The molecule has 2 N–H and O–H groups in total. The lowest BCUT2D eigenvalue weighted by atomic mass is 9.96. The van der Waals surface area contributed by atoms with Crippen molar-refractivity contribution in [3.63, 3.8) is 0 Å². The quantitative estimate of drug-likeness (QED) is 0.318. The van der Waals surface area contributed by atoms with E-state index >= 15 is 0 Å². The molecule has 0 fully saturated rings. The summed E-state index contributed by atoms with van der Waals surface area (Å²) in [5.41, 5.74) is 9.13. The molecule has 37 heavy (non-hydrogen) atoms. The Balaban J connectivity index is 1.27. The first kappa shape index (κ1) is 21.3. The third-order valence-corrected chi connectivity index (χ3v) is 7.06. The lowest BCUT2D eigenvalue weighted by molar-refractivity contribution is 0.0945. The summed E-state index contributed by atoms with van der Waals surface area (Å²) in [6, 6.07) is 28.3. The Morgan fingerprint density at radius 2 is 1.70 bits per heavy atom. The van der Waals surface area contributed by atoms with E-state index in [9.17, 15) is 4.79 Å². The van der Waals surface area contributed by atoms with Gasteiger partial charge in [-0.25, -0.2) is 4.98 Å². The maximum absolute atomic E-state index is 13.5. The normalized spacial score (nSPS) is 13.9. The number of pyridine rings is 1. The Labute approximate surface area is 213 Å². The second-order valence-corrected chi connectivity index (χ2v) is 9.27. The van der Waals surface area contributed by atoms with E-state index < -0.39 is 0 Å². The predicted molar refractivity (Wildman–Crippen MR) is 144 cm³/mol. The van der Waals surface area contributed by atoms with Gasteiger partial charge < -0.3 is 10.3 Å². The maximum atomic E-state index is 13.5. The molecule has 0 spiro atoms. The van der Waals surface area contributed by atoms with Gasteiger partial charge in [0.25, 0.3) is 5.91 Å². The largest absolute Gasteiger partial charge is 0.346 e. The van der Waals surface area contributed by atoms with Gasteiger partial charge in [-0.05, 0) is 45.5 Å². The number of aromatic nitrogens is 4. The average Bonchev–Trinajstić information content (AvgIpc) is 3.67. The van der Waals surface area contributed by atoms with Gasteiger partial charge in [-0.1, -0.05) is 72.8 Å². The lowest BCUT2D eigenvalue weighted by Gasteiger charge is -2.17. The Hall–Kier alpha value is -4.97. The highest BCUT2D eigenvalue weighted by Gasteiger charge is 2.32. The monoisotopic (exact) mass is 481 g/mol. The molecule has 0 saturated carbocycles. The van der Waals surface area contributed by atoms with Gasteiger partial charge in [0.05, 0.1) is 24.3 Å². The van der Waals surface area contributed by atoms with Crippen LogP contribution in [0.5, 0.6) is 0 Å². The Bertz CT molecular complexity index is 1770. The van der Waals surface area contributed by atoms with E-state index in [1.807, 2.05) is 41.2 Å². The highest BCUT2D eigenvalue weighted by molar-refractivity contribution is 6.06. The van der Waals surface area contributed by atoms with Crippen LogP contribution in [0.3, 0.4) is 0 Å². The molecule has 0 saturated heterocycles. The van der Waals surface area contributed by atoms with E-state index in [-0.39, 0.29) is 11.9 Å². The topological polar surface area (TPSA) is 75.6 Å². The van der Waals surface area contributed by atoms with Crippen molar-refractivity contribution >= 4 is 16.9 Å². The zero-order chi connectivity index (χ0) is 24.8. The zero-order valence-corrected chi connectivity index (χ0v) is 19.9. The van der Waals surface area contributed by atoms with Crippen molar-refractivity contribution in [2.24, 2.45) is 0 Å². The van der Waals surface area contributed by atoms with Gasteiger partial charge in [-0.3, -0.25) is 9.48 Å². The number of H-pyrrole nitrogens is 1. The fourth-order valence-electron chi connectivity index (χ4n) is 5.38. The Morgan fingerprint density at radius 1 is 0.892 bits per heavy atom. The molecule has 0 aliphatic heterocycles. The van der Waals surface area contributed by atoms with Gasteiger partial charge in [0.1, 0.15) is 5.65 Å². The third-order valence-electron chi connectivity index (χ3n) is 7.06. The van der Waals surface area contributed by atoms with Gasteiger partial charge in [0, 0.05) is 29.5 Å². The molecule has 3 aromatic carbocycles. The summed E-state index contributed by atoms with van der Waals surface area (Å²) in [6.45, 7) is 0.713. The first-order valence-corrected chi connectivity index (χ1v) is 12.3. The number of carbonyl (C=O) groups is 1. The molecule has 1 amide bonds. The van der Waals surface area contributed by atoms with Crippen LogP contribution in [0.15, 0.2) is 110 Å². The number of benzene rings is 3. The third kappa shape index (κ3) is 3.62. The number of hydrogen-bond donors (Lipinski definition) is 2. The summed E-state index contributed by atoms with van der Waals surface area (Å²) >= 11 is 0. The minimum Gasteiger partial charge on any atom is -0.346 e. The molecular weight excluding hydrogens is 458 g/mol. The minimum atomic E-state index is -0.250. The molecule has 3 heterocycles. The van der Waals surface area contributed by atoms with Crippen molar-refractivity contribution in [2.75, 3.05) is 0 Å². The summed E-state index contributed by atoms with van der Waals surface area (Å²) in [7, 11) is 0. The van der Waals surface area contributed by atoms with Gasteiger partial charge in [0.15, 0.2) is 0 Å². The van der Waals surface area contributed by atoms with Crippen LogP contribution in [0.1, 0.15) is 33.1 Å². The van der Waals surface area contributed by atoms with Crippen LogP contribution in [0.2, 0.25) is 0 Å². The number of fused-ring (bicyclic) bond motifs is 4. The predicted octanol–water partition coefficient (Wildman–Crippen LogP) is 5.97. The van der Waals surface area contributed by atoms with Crippen molar-refractivity contribution < 1.29 is 4.79 Å². The second kappa shape index (κ2) is 8.60. The highest BCUT2D eigenvalue weighted by atomic mass is 16.1. The Kier molecular flexibility index (Phi) is 4.96. The van der Waals surface area contributed by atoms with Crippen molar-refractivity contribution in [3.05, 3.63) is 132 Å². The molecule has 6 nitrogen and oxygen atoms in total. The molecule has 1 aliphatic rings. The molecule has 7 rings (SSSR count). The van der Waals surface area contributed by atoms with E-state index in [4.69, 9.17) is 0 Å². The van der Waals surface area contributed by atoms with E-state index in [1.54, 1.807) is 18.5 Å². The number of rotatable bonds is 5. The maximum Gasteiger partial charge on any atom is 0.252 e. The van der Waals surface area contributed by atoms with Crippen LogP contribution in [-0.2, 0) is 6.54 Å². The van der Waals surface area contributed by atoms with E-state index in [1.165, 1.54) is 5.56 Å². The number of hydrogen-bond acceptors (Lipinski definition) is 3. The second-order valence-electron chi connectivity index (χ2n) is 9.27. The van der Waals surface area contributed by atoms with Gasteiger partial charge in [-0.2, -0.15) is 5.10 Å². The van der Waals surface area contributed by atoms with E-state index in [2.05, 4.69) is 75.1 Å². The summed E-state index contributed by atoms with van der Waals surface area (Å²) < 4.78 is 1.97. The summed E-state index contributed by atoms with van der Waals surface area (Å²) in [4.78, 5) is 20.9. The summed E-state index contributed by atoms with van der Waals surface area (Å²) in [5.74, 6) is -0.124. The highest BCUT2D eigenvalue weighted by Crippen LogP contribution is 2.48.